The van der Waals surface area contributed by atoms with Crippen LogP contribution in [-0.2, 0) is 9.47 Å². The van der Waals surface area contributed by atoms with Gasteiger partial charge in [0.05, 0.1) is 18.9 Å². The van der Waals surface area contributed by atoms with Gasteiger partial charge >= 0.3 is 5.97 Å². The molecule has 0 aliphatic carbocycles. The molecule has 3 atom stereocenters. The third-order valence-corrected chi connectivity index (χ3v) is 7.82. The Morgan fingerprint density at radius 1 is 1.38 bits per heavy atom. The highest BCUT2D eigenvalue weighted by Crippen LogP contribution is 2.46. The van der Waals surface area contributed by atoms with Crippen molar-refractivity contribution >= 4 is 43.6 Å². The molecule has 2 aromatic carbocycles. The Labute approximate surface area is 179 Å². The van der Waals surface area contributed by atoms with E-state index in [-0.39, 0.29) is 17.8 Å². The Bertz CT molecular complexity index is 997. The fourth-order valence-corrected chi connectivity index (χ4v) is 6.03. The molecular weight excluding hydrogens is 461 g/mol. The normalized spacial score (nSPS) is 21.1. The topological polar surface area (TPSA) is 56.8 Å². The molecule has 1 fully saturated rings. The van der Waals surface area contributed by atoms with Gasteiger partial charge in [-0.25, -0.2) is 9.18 Å². The first-order valence-corrected chi connectivity index (χ1v) is 11.4. The van der Waals surface area contributed by atoms with Crippen LogP contribution in [0.2, 0.25) is 0 Å². The SMILES string of the molecule is C/C=S(/Nc1ccc2c(c1C(=O)OC)OC[C@H]1OCC[C@@H]21)c1ccc(F)cc1Br. The molecular formula is C21H21BrFNO4S. The van der Waals surface area contributed by atoms with Crippen molar-refractivity contribution in [3.05, 3.63) is 51.7 Å². The van der Waals surface area contributed by atoms with Crippen LogP contribution in [0.1, 0.15) is 35.2 Å². The number of ether oxygens (including phenoxy) is 3. The van der Waals surface area contributed by atoms with E-state index in [1.807, 2.05) is 24.4 Å². The summed E-state index contributed by atoms with van der Waals surface area (Å²) in [5.74, 6) is 0.00967. The lowest BCUT2D eigenvalue weighted by Gasteiger charge is -2.30. The number of halogens is 2. The van der Waals surface area contributed by atoms with Gasteiger partial charge in [0.15, 0.2) is 0 Å². The minimum absolute atomic E-state index is 0.0283. The van der Waals surface area contributed by atoms with Crippen molar-refractivity contribution in [1.82, 2.24) is 0 Å². The number of carbonyl (C=O) groups excluding carboxylic acids is 1. The molecule has 5 nitrogen and oxygen atoms in total. The molecule has 2 aliphatic heterocycles. The highest BCUT2D eigenvalue weighted by atomic mass is 79.9. The number of rotatable bonds is 4. The number of hydrogen-bond acceptors (Lipinski definition) is 5. The van der Waals surface area contributed by atoms with Gasteiger partial charge in [0, 0.05) is 27.5 Å². The summed E-state index contributed by atoms with van der Waals surface area (Å²) in [6.45, 7) is 3.03. The van der Waals surface area contributed by atoms with Gasteiger partial charge in [0.25, 0.3) is 0 Å². The van der Waals surface area contributed by atoms with E-state index in [9.17, 15) is 9.18 Å². The number of benzene rings is 2. The summed E-state index contributed by atoms with van der Waals surface area (Å²) in [7, 11) is 0.782. The zero-order chi connectivity index (χ0) is 20.5. The molecule has 154 valence electrons. The lowest BCUT2D eigenvalue weighted by molar-refractivity contribution is 0.0469. The average molecular weight is 482 g/mol. The predicted molar refractivity (Wildman–Crippen MR) is 116 cm³/mol. The molecule has 29 heavy (non-hydrogen) atoms. The zero-order valence-electron chi connectivity index (χ0n) is 16.0. The lowest BCUT2D eigenvalue weighted by Crippen LogP contribution is -2.29. The van der Waals surface area contributed by atoms with E-state index in [0.29, 0.717) is 34.7 Å². The van der Waals surface area contributed by atoms with Crippen molar-refractivity contribution < 1.29 is 23.4 Å². The van der Waals surface area contributed by atoms with E-state index in [1.165, 1.54) is 19.2 Å². The van der Waals surface area contributed by atoms with E-state index in [1.54, 1.807) is 6.07 Å². The van der Waals surface area contributed by atoms with Crippen molar-refractivity contribution in [3.63, 3.8) is 0 Å². The minimum Gasteiger partial charge on any atom is -0.490 e. The summed E-state index contributed by atoms with van der Waals surface area (Å²) in [6.07, 6.45) is 0.935. The number of methoxy groups -OCH3 is 1. The molecule has 1 N–H and O–H groups in total. The maximum Gasteiger partial charge on any atom is 0.343 e. The predicted octanol–water partition coefficient (Wildman–Crippen LogP) is 5.12. The third kappa shape index (κ3) is 3.81. The summed E-state index contributed by atoms with van der Waals surface area (Å²) in [5, 5.41) is 1.97. The second-order valence-electron chi connectivity index (χ2n) is 6.76. The number of hydrogen-bond donors (Lipinski definition) is 1. The summed E-state index contributed by atoms with van der Waals surface area (Å²) in [4.78, 5) is 13.6. The van der Waals surface area contributed by atoms with Gasteiger partial charge in [-0.15, -0.1) is 0 Å². The first-order chi connectivity index (χ1) is 14.0. The monoisotopic (exact) mass is 481 g/mol. The van der Waals surface area contributed by atoms with Crippen molar-refractivity contribution in [1.29, 1.82) is 0 Å². The first kappa shape index (κ1) is 20.4. The molecule has 2 aromatic rings. The van der Waals surface area contributed by atoms with Crippen molar-refractivity contribution in [2.45, 2.75) is 30.3 Å². The van der Waals surface area contributed by atoms with Crippen LogP contribution in [0.15, 0.2) is 39.7 Å². The molecule has 0 saturated carbocycles. The molecule has 4 rings (SSSR count). The Morgan fingerprint density at radius 2 is 2.21 bits per heavy atom. The van der Waals surface area contributed by atoms with Gasteiger partial charge in [-0.1, -0.05) is 16.7 Å². The van der Waals surface area contributed by atoms with E-state index < -0.39 is 16.6 Å². The van der Waals surface area contributed by atoms with Crippen molar-refractivity contribution in [2.24, 2.45) is 0 Å². The molecule has 2 aliphatic rings. The summed E-state index contributed by atoms with van der Waals surface area (Å²) >= 11 is 3.43. The maximum atomic E-state index is 13.5. The second-order valence-corrected chi connectivity index (χ2v) is 9.41. The Hall–Kier alpha value is -1.90. The van der Waals surface area contributed by atoms with Crippen LogP contribution >= 0.6 is 26.6 Å². The maximum absolute atomic E-state index is 13.5. The lowest BCUT2D eigenvalue weighted by atomic mass is 9.88. The van der Waals surface area contributed by atoms with Crippen molar-refractivity contribution in [3.8, 4) is 5.75 Å². The molecule has 0 bridgehead atoms. The molecule has 0 amide bonds. The van der Waals surface area contributed by atoms with Gasteiger partial charge in [-0.2, -0.15) is 0 Å². The second kappa shape index (κ2) is 8.45. The quantitative estimate of drug-likeness (QED) is 0.485. The van der Waals surface area contributed by atoms with E-state index in [4.69, 9.17) is 14.2 Å². The van der Waals surface area contributed by atoms with Gasteiger partial charge in [-0.3, -0.25) is 0 Å². The van der Waals surface area contributed by atoms with Crippen LogP contribution < -0.4 is 9.46 Å². The minimum atomic E-state index is -0.577. The van der Waals surface area contributed by atoms with Gasteiger partial charge < -0.3 is 18.9 Å². The number of esters is 1. The molecule has 8 heteroatoms. The van der Waals surface area contributed by atoms with Crippen LogP contribution in [0.4, 0.5) is 10.1 Å². The Balaban J connectivity index is 1.76. The fraction of sp³-hybridized carbons (Fsp3) is 0.333. The summed E-state index contributed by atoms with van der Waals surface area (Å²) in [5.41, 5.74) is 1.98. The zero-order valence-corrected chi connectivity index (χ0v) is 18.4. The van der Waals surface area contributed by atoms with Gasteiger partial charge in [0.2, 0.25) is 0 Å². The van der Waals surface area contributed by atoms with Crippen LogP contribution in [0.25, 0.3) is 0 Å². The Morgan fingerprint density at radius 3 is 2.93 bits per heavy atom. The fourth-order valence-electron chi connectivity index (χ4n) is 3.78. The van der Waals surface area contributed by atoms with Crippen LogP contribution in [0.5, 0.6) is 5.75 Å². The molecule has 1 saturated heterocycles. The first-order valence-electron chi connectivity index (χ1n) is 9.27. The van der Waals surface area contributed by atoms with E-state index >= 15 is 0 Å². The number of fused-ring (bicyclic) bond motifs is 3. The van der Waals surface area contributed by atoms with Crippen molar-refractivity contribution in [2.75, 3.05) is 25.0 Å². The summed E-state index contributed by atoms with van der Waals surface area (Å²) in [6, 6.07) is 8.45. The Kier molecular flexibility index (Phi) is 5.94. The highest BCUT2D eigenvalue weighted by Gasteiger charge is 2.38. The van der Waals surface area contributed by atoms with E-state index in [2.05, 4.69) is 20.7 Å². The standard InChI is InChI=1S/C21H21BrFNO4S/c1-3-29(18-7-4-12(23)10-15(18)22)24-16-6-5-14-13-8-9-27-17(13)11-28-20(14)19(16)21(25)26-2/h3-7,10,13,17,24H,8-9,11H2,1-2H3/t13-,17+,29?/m0/s1. The summed E-state index contributed by atoms with van der Waals surface area (Å²) < 4.78 is 34.3. The van der Waals surface area contributed by atoms with Crippen LogP contribution in [0.3, 0.4) is 0 Å². The molecule has 2 heterocycles. The van der Waals surface area contributed by atoms with Crippen LogP contribution in [0, 0.1) is 5.82 Å². The number of anilines is 1. The molecule has 1 unspecified atom stereocenters. The average Bonchev–Trinajstić information content (AvgIpc) is 3.20. The highest BCUT2D eigenvalue weighted by molar-refractivity contribution is 9.10. The molecule has 0 aromatic heterocycles. The third-order valence-electron chi connectivity index (χ3n) is 5.17. The molecule has 0 radical (unpaired) electrons. The number of nitrogens with one attached hydrogen (secondary N) is 1. The largest absolute Gasteiger partial charge is 0.490 e. The van der Waals surface area contributed by atoms with Crippen LogP contribution in [-0.4, -0.2) is 37.8 Å². The van der Waals surface area contributed by atoms with Gasteiger partial charge in [0.1, 0.15) is 23.7 Å². The smallest absolute Gasteiger partial charge is 0.343 e. The van der Waals surface area contributed by atoms with Gasteiger partial charge in [-0.05, 0) is 58.9 Å². The van der Waals surface area contributed by atoms with E-state index in [0.717, 1.165) is 16.9 Å². The number of carbonyl (C=O) groups is 1. The molecule has 0 spiro atoms.